The minimum absolute atomic E-state index is 0.0178. The first-order chi connectivity index (χ1) is 16.9. The van der Waals surface area contributed by atoms with E-state index >= 15 is 0 Å². The summed E-state index contributed by atoms with van der Waals surface area (Å²) in [5.41, 5.74) is 7.99. The number of hydrogen-bond acceptors (Lipinski definition) is 10. The molecule has 0 radical (unpaired) electrons. The Morgan fingerprint density at radius 2 is 1.69 bits per heavy atom. The molecule has 0 aliphatic carbocycles. The van der Waals surface area contributed by atoms with Crippen LogP contribution in [0.15, 0.2) is 81.7 Å². The number of aryl methyl sites for hydroxylation is 1. The summed E-state index contributed by atoms with van der Waals surface area (Å²) in [5.74, 6) is -1.82. The number of nitriles is 1. The lowest BCUT2D eigenvalue weighted by Gasteiger charge is -2.35. The van der Waals surface area contributed by atoms with E-state index in [4.69, 9.17) is 19.6 Å². The van der Waals surface area contributed by atoms with Crippen molar-refractivity contribution < 1.29 is 23.5 Å². The number of esters is 2. The van der Waals surface area contributed by atoms with Crippen LogP contribution in [0.5, 0.6) is 0 Å². The number of benzene rings is 2. The normalized spacial score (nSPS) is 15.6. The zero-order valence-electron chi connectivity index (χ0n) is 19.2. The molecule has 0 bridgehead atoms. The second-order valence-corrected chi connectivity index (χ2v) is 7.51. The summed E-state index contributed by atoms with van der Waals surface area (Å²) in [4.78, 5) is 27.4. The van der Waals surface area contributed by atoms with Gasteiger partial charge in [0, 0.05) is 18.2 Å². The molecule has 0 spiro atoms. The largest absolute Gasteiger partial charge is 0.466 e. The Morgan fingerprint density at radius 3 is 2.23 bits per heavy atom. The van der Waals surface area contributed by atoms with E-state index in [0.29, 0.717) is 28.6 Å². The van der Waals surface area contributed by atoms with Crippen LogP contribution in [-0.2, 0) is 19.1 Å². The zero-order valence-corrected chi connectivity index (χ0v) is 19.2. The van der Waals surface area contributed by atoms with Crippen LogP contribution >= 0.6 is 0 Å². The Balaban J connectivity index is 1.95. The van der Waals surface area contributed by atoms with Gasteiger partial charge in [-0.1, -0.05) is 30.3 Å². The first-order valence-corrected chi connectivity index (χ1v) is 10.5. The third-order valence-corrected chi connectivity index (χ3v) is 5.51. The molecule has 1 aromatic heterocycles. The van der Waals surface area contributed by atoms with Crippen molar-refractivity contribution in [3.05, 3.63) is 88.7 Å². The Morgan fingerprint density at radius 1 is 1.03 bits per heavy atom. The second kappa shape index (κ2) is 9.52. The highest BCUT2D eigenvalue weighted by Gasteiger charge is 2.42. The summed E-state index contributed by atoms with van der Waals surface area (Å²) in [7, 11) is 2.40. The van der Waals surface area contributed by atoms with Gasteiger partial charge in [0.05, 0.1) is 37.4 Å². The molecule has 4 rings (SSSR count). The molecule has 0 amide bonds. The van der Waals surface area contributed by atoms with E-state index in [-0.39, 0.29) is 22.7 Å². The maximum absolute atomic E-state index is 13.1. The van der Waals surface area contributed by atoms with Gasteiger partial charge in [0.2, 0.25) is 11.8 Å². The van der Waals surface area contributed by atoms with Gasteiger partial charge in [-0.05, 0) is 29.8 Å². The monoisotopic (exact) mass is 471 g/mol. The molecule has 1 unspecified atom stereocenters. The SMILES string of the molecule is COC(=O)C1=C(C(=O)OC)N(c2ccc(-c3nnc(C)o3)cc2)C(N)=C(C#N)C1c1ccccc1. The van der Waals surface area contributed by atoms with Crippen LogP contribution in [0.3, 0.4) is 0 Å². The van der Waals surface area contributed by atoms with E-state index in [9.17, 15) is 14.9 Å². The quantitative estimate of drug-likeness (QED) is 0.551. The van der Waals surface area contributed by atoms with E-state index in [0.717, 1.165) is 0 Å². The molecule has 1 aliphatic rings. The van der Waals surface area contributed by atoms with Crippen LogP contribution in [-0.4, -0.2) is 36.4 Å². The van der Waals surface area contributed by atoms with E-state index in [1.807, 2.05) is 0 Å². The number of hydrogen-bond donors (Lipinski definition) is 1. The van der Waals surface area contributed by atoms with Gasteiger partial charge in [0.25, 0.3) is 0 Å². The fourth-order valence-electron chi connectivity index (χ4n) is 3.95. The van der Waals surface area contributed by atoms with Crippen molar-refractivity contribution in [3.8, 4) is 17.5 Å². The second-order valence-electron chi connectivity index (χ2n) is 7.51. The van der Waals surface area contributed by atoms with Crippen molar-refractivity contribution in [2.75, 3.05) is 19.1 Å². The van der Waals surface area contributed by atoms with Crippen LogP contribution in [0, 0.1) is 18.3 Å². The molecule has 35 heavy (non-hydrogen) atoms. The van der Waals surface area contributed by atoms with E-state index in [1.165, 1.54) is 19.1 Å². The smallest absolute Gasteiger partial charge is 0.355 e. The molecule has 1 atom stereocenters. The van der Waals surface area contributed by atoms with Gasteiger partial charge in [-0.3, -0.25) is 4.90 Å². The van der Waals surface area contributed by atoms with Crippen molar-refractivity contribution in [2.24, 2.45) is 5.73 Å². The molecule has 0 fully saturated rings. The maximum Gasteiger partial charge on any atom is 0.355 e. The van der Waals surface area contributed by atoms with Crippen LogP contribution in [0.1, 0.15) is 17.4 Å². The zero-order chi connectivity index (χ0) is 25.1. The van der Waals surface area contributed by atoms with Crippen molar-refractivity contribution in [1.82, 2.24) is 10.2 Å². The average molecular weight is 471 g/mol. The number of rotatable bonds is 5. The number of anilines is 1. The standard InChI is InChI=1S/C25H21N5O5/c1-14-28-29-23(35-14)16-9-11-17(12-10-16)30-21(25(32)34-3)20(24(31)33-2)19(18(13-26)22(30)27)15-7-5-4-6-8-15/h4-12,19H,27H2,1-3H3. The molecule has 2 heterocycles. The number of ether oxygens (including phenoxy) is 2. The topological polar surface area (TPSA) is 145 Å². The first-order valence-electron chi connectivity index (χ1n) is 10.5. The van der Waals surface area contributed by atoms with Gasteiger partial charge in [0.1, 0.15) is 11.5 Å². The molecule has 2 N–H and O–H groups in total. The predicted octanol–water partition coefficient (Wildman–Crippen LogP) is 2.94. The third-order valence-electron chi connectivity index (χ3n) is 5.51. The molecular formula is C25H21N5O5. The molecule has 10 heteroatoms. The van der Waals surface area contributed by atoms with Crippen molar-refractivity contribution in [1.29, 1.82) is 5.26 Å². The Bertz CT molecular complexity index is 1380. The van der Waals surface area contributed by atoms with E-state index < -0.39 is 17.9 Å². The fraction of sp³-hybridized carbons (Fsp3) is 0.160. The number of allylic oxidation sites excluding steroid dienone is 1. The molecule has 2 aromatic carbocycles. The number of aromatic nitrogens is 2. The average Bonchev–Trinajstić information content (AvgIpc) is 3.33. The number of methoxy groups -OCH3 is 2. The highest BCUT2D eigenvalue weighted by atomic mass is 16.5. The Labute approximate surface area is 200 Å². The van der Waals surface area contributed by atoms with Gasteiger partial charge in [0.15, 0.2) is 0 Å². The summed E-state index contributed by atoms with van der Waals surface area (Å²) >= 11 is 0. The number of nitrogens with two attached hydrogens (primary N) is 1. The molecule has 10 nitrogen and oxygen atoms in total. The van der Waals surface area contributed by atoms with Crippen LogP contribution in [0.4, 0.5) is 5.69 Å². The Hall–Kier alpha value is -4.91. The van der Waals surface area contributed by atoms with Crippen molar-refractivity contribution in [3.63, 3.8) is 0 Å². The lowest BCUT2D eigenvalue weighted by Crippen LogP contribution is -2.40. The maximum atomic E-state index is 13.1. The molecule has 3 aromatic rings. The van der Waals surface area contributed by atoms with Gasteiger partial charge < -0.3 is 19.6 Å². The summed E-state index contributed by atoms with van der Waals surface area (Å²) < 4.78 is 15.5. The summed E-state index contributed by atoms with van der Waals surface area (Å²) in [5, 5.41) is 17.9. The number of nitrogens with zero attached hydrogens (tertiary/aromatic N) is 4. The molecular weight excluding hydrogens is 450 g/mol. The van der Waals surface area contributed by atoms with E-state index in [1.54, 1.807) is 61.5 Å². The van der Waals surface area contributed by atoms with Gasteiger partial charge in [-0.15, -0.1) is 10.2 Å². The first kappa shape index (κ1) is 23.3. The lowest BCUT2D eigenvalue weighted by molar-refractivity contribution is -0.139. The van der Waals surface area contributed by atoms with Gasteiger partial charge >= 0.3 is 11.9 Å². The molecule has 0 saturated carbocycles. The highest BCUT2D eigenvalue weighted by molar-refractivity contribution is 6.06. The molecule has 0 saturated heterocycles. The van der Waals surface area contributed by atoms with Crippen LogP contribution < -0.4 is 10.6 Å². The predicted molar refractivity (Wildman–Crippen MR) is 124 cm³/mol. The van der Waals surface area contributed by atoms with Crippen molar-refractivity contribution in [2.45, 2.75) is 12.8 Å². The molecule has 176 valence electrons. The number of carbonyl (C=O) groups excluding carboxylic acids is 2. The molecule has 1 aliphatic heterocycles. The minimum atomic E-state index is -0.931. The van der Waals surface area contributed by atoms with Gasteiger partial charge in [-0.25, -0.2) is 9.59 Å². The third kappa shape index (κ3) is 4.11. The highest BCUT2D eigenvalue weighted by Crippen LogP contribution is 2.43. The lowest BCUT2D eigenvalue weighted by atomic mass is 9.81. The summed E-state index contributed by atoms with van der Waals surface area (Å²) in [6, 6.07) is 17.6. The summed E-state index contributed by atoms with van der Waals surface area (Å²) in [6.45, 7) is 1.68. The minimum Gasteiger partial charge on any atom is -0.466 e. The van der Waals surface area contributed by atoms with E-state index in [2.05, 4.69) is 16.3 Å². The fourth-order valence-corrected chi connectivity index (χ4v) is 3.95. The van der Waals surface area contributed by atoms with Crippen LogP contribution in [0.25, 0.3) is 11.5 Å². The van der Waals surface area contributed by atoms with Crippen molar-refractivity contribution >= 4 is 17.6 Å². The van der Waals surface area contributed by atoms with Gasteiger partial charge in [-0.2, -0.15) is 5.26 Å². The Kier molecular flexibility index (Phi) is 6.33. The number of carbonyl (C=O) groups is 2. The van der Waals surface area contributed by atoms with Crippen LogP contribution in [0.2, 0.25) is 0 Å². The summed E-state index contributed by atoms with van der Waals surface area (Å²) in [6.07, 6.45) is 0.